The molecule has 0 aliphatic heterocycles. The average Bonchev–Trinajstić information content (AvgIpc) is 2.73. The summed E-state index contributed by atoms with van der Waals surface area (Å²) >= 11 is 0. The molecule has 0 bridgehead atoms. The van der Waals surface area contributed by atoms with Gasteiger partial charge in [0.1, 0.15) is 0 Å². The molecule has 0 spiro atoms. The predicted molar refractivity (Wildman–Crippen MR) is 84.2 cm³/mol. The third kappa shape index (κ3) is 3.14. The molecule has 1 aliphatic carbocycles. The topological polar surface area (TPSA) is 41.1 Å². The van der Waals surface area contributed by atoms with E-state index in [0.29, 0.717) is 17.9 Å². The van der Waals surface area contributed by atoms with E-state index in [4.69, 9.17) is 0 Å². The van der Waals surface area contributed by atoms with Crippen molar-refractivity contribution in [1.29, 1.82) is 0 Å². The van der Waals surface area contributed by atoms with Gasteiger partial charge in [0.25, 0.3) is 5.91 Å². The fourth-order valence-electron chi connectivity index (χ4n) is 3.01. The fourth-order valence-corrected chi connectivity index (χ4v) is 3.01. The Balaban J connectivity index is 2.04. The third-order valence-electron chi connectivity index (χ3n) is 4.64. The number of anilines is 1. The van der Waals surface area contributed by atoms with Crippen LogP contribution >= 0.6 is 0 Å². The Bertz CT molecular complexity index is 484. The van der Waals surface area contributed by atoms with Crippen LogP contribution < -0.4 is 10.6 Å². The number of rotatable bonds is 4. The van der Waals surface area contributed by atoms with Gasteiger partial charge in [-0.1, -0.05) is 13.8 Å². The van der Waals surface area contributed by atoms with Crippen molar-refractivity contribution in [3.05, 3.63) is 29.3 Å². The first kappa shape index (κ1) is 14.9. The van der Waals surface area contributed by atoms with Gasteiger partial charge in [-0.3, -0.25) is 4.79 Å². The summed E-state index contributed by atoms with van der Waals surface area (Å²) in [5.74, 6) is 1.33. The van der Waals surface area contributed by atoms with Crippen LogP contribution in [0.15, 0.2) is 18.2 Å². The fraction of sp³-hybridized carbons (Fsp3) is 0.588. The monoisotopic (exact) mass is 274 g/mol. The van der Waals surface area contributed by atoms with Crippen LogP contribution in [-0.4, -0.2) is 18.5 Å². The summed E-state index contributed by atoms with van der Waals surface area (Å²) in [7, 11) is 0. The molecule has 3 atom stereocenters. The smallest absolute Gasteiger partial charge is 0.251 e. The molecule has 1 aromatic rings. The van der Waals surface area contributed by atoms with E-state index in [2.05, 4.69) is 31.4 Å². The molecule has 1 aliphatic rings. The highest BCUT2D eigenvalue weighted by molar-refractivity contribution is 5.95. The molecule has 20 heavy (non-hydrogen) atoms. The van der Waals surface area contributed by atoms with Crippen LogP contribution in [0.2, 0.25) is 0 Å². The summed E-state index contributed by atoms with van der Waals surface area (Å²) in [4.78, 5) is 12.3. The van der Waals surface area contributed by atoms with E-state index in [0.717, 1.165) is 29.8 Å². The number of amides is 1. The van der Waals surface area contributed by atoms with Gasteiger partial charge >= 0.3 is 0 Å². The zero-order valence-corrected chi connectivity index (χ0v) is 13.0. The minimum Gasteiger partial charge on any atom is -0.385 e. The maximum absolute atomic E-state index is 12.3. The van der Waals surface area contributed by atoms with E-state index in [-0.39, 0.29) is 5.91 Å². The van der Waals surface area contributed by atoms with Crippen molar-refractivity contribution < 1.29 is 4.79 Å². The zero-order chi connectivity index (χ0) is 14.7. The summed E-state index contributed by atoms with van der Waals surface area (Å²) in [6.07, 6.45) is 2.31. The Labute approximate surface area is 122 Å². The van der Waals surface area contributed by atoms with Gasteiger partial charge in [0, 0.05) is 23.8 Å². The molecular weight excluding hydrogens is 248 g/mol. The molecule has 0 aromatic heterocycles. The minimum absolute atomic E-state index is 0.0575. The maximum Gasteiger partial charge on any atom is 0.251 e. The number of hydrogen-bond acceptors (Lipinski definition) is 2. The molecule has 0 radical (unpaired) electrons. The van der Waals surface area contributed by atoms with Gasteiger partial charge in [0.2, 0.25) is 0 Å². The van der Waals surface area contributed by atoms with Gasteiger partial charge in [-0.25, -0.2) is 0 Å². The summed E-state index contributed by atoms with van der Waals surface area (Å²) in [5, 5.41) is 6.49. The molecular formula is C17H26N2O. The van der Waals surface area contributed by atoms with Gasteiger partial charge in [-0.15, -0.1) is 0 Å². The van der Waals surface area contributed by atoms with Gasteiger partial charge in [-0.2, -0.15) is 0 Å². The van der Waals surface area contributed by atoms with Crippen molar-refractivity contribution in [2.24, 2.45) is 11.8 Å². The second-order valence-electron chi connectivity index (χ2n) is 6.05. The molecule has 1 aromatic carbocycles. The molecule has 1 amide bonds. The molecule has 3 nitrogen and oxygen atoms in total. The standard InChI is InChI=1S/C17H26N2O/c1-5-18-15-9-7-14(10-12(15)3)17(20)19-16-8-6-11(2)13(16)4/h7,9-11,13,16,18H,5-6,8H2,1-4H3,(H,19,20). The van der Waals surface area contributed by atoms with Crippen molar-refractivity contribution in [2.45, 2.75) is 46.6 Å². The van der Waals surface area contributed by atoms with Crippen LogP contribution in [0, 0.1) is 18.8 Å². The molecule has 1 saturated carbocycles. The molecule has 0 heterocycles. The van der Waals surface area contributed by atoms with Crippen LogP contribution in [0.25, 0.3) is 0 Å². The second kappa shape index (κ2) is 6.29. The van der Waals surface area contributed by atoms with Gasteiger partial charge in [0.05, 0.1) is 0 Å². The molecule has 3 unspecified atom stereocenters. The van der Waals surface area contributed by atoms with Crippen LogP contribution in [0.5, 0.6) is 0 Å². The van der Waals surface area contributed by atoms with Gasteiger partial charge in [0.15, 0.2) is 0 Å². The Hall–Kier alpha value is -1.51. The van der Waals surface area contributed by atoms with Crippen LogP contribution in [0.3, 0.4) is 0 Å². The highest BCUT2D eigenvalue weighted by atomic mass is 16.1. The van der Waals surface area contributed by atoms with Crippen molar-refractivity contribution in [2.75, 3.05) is 11.9 Å². The van der Waals surface area contributed by atoms with Gasteiger partial charge in [-0.05, 0) is 62.3 Å². The summed E-state index contributed by atoms with van der Waals surface area (Å²) < 4.78 is 0. The predicted octanol–water partition coefficient (Wildman–Crippen LogP) is 3.59. The van der Waals surface area contributed by atoms with Crippen molar-refractivity contribution in [3.8, 4) is 0 Å². The first-order valence-electron chi connectivity index (χ1n) is 7.68. The maximum atomic E-state index is 12.3. The lowest BCUT2D eigenvalue weighted by molar-refractivity contribution is 0.0927. The Morgan fingerprint density at radius 2 is 2.05 bits per heavy atom. The third-order valence-corrected chi connectivity index (χ3v) is 4.64. The molecule has 110 valence electrons. The molecule has 1 fully saturated rings. The van der Waals surface area contributed by atoms with Crippen molar-refractivity contribution in [3.63, 3.8) is 0 Å². The number of benzene rings is 1. The Morgan fingerprint density at radius 1 is 1.30 bits per heavy atom. The summed E-state index contributed by atoms with van der Waals surface area (Å²) in [6, 6.07) is 6.19. The van der Waals surface area contributed by atoms with Crippen molar-refractivity contribution in [1.82, 2.24) is 5.32 Å². The lowest BCUT2D eigenvalue weighted by Gasteiger charge is -2.20. The Kier molecular flexibility index (Phi) is 4.69. The average molecular weight is 274 g/mol. The molecule has 3 heteroatoms. The zero-order valence-electron chi connectivity index (χ0n) is 13.0. The van der Waals surface area contributed by atoms with E-state index in [9.17, 15) is 4.79 Å². The van der Waals surface area contributed by atoms with Crippen molar-refractivity contribution >= 4 is 11.6 Å². The largest absolute Gasteiger partial charge is 0.385 e. The van der Waals surface area contributed by atoms with Crippen LogP contribution in [-0.2, 0) is 0 Å². The Morgan fingerprint density at radius 3 is 2.60 bits per heavy atom. The first-order valence-corrected chi connectivity index (χ1v) is 7.68. The number of carbonyl (C=O) groups excluding carboxylic acids is 1. The van der Waals surface area contributed by atoms with Gasteiger partial charge < -0.3 is 10.6 Å². The lowest BCUT2D eigenvalue weighted by Crippen LogP contribution is -2.37. The molecule has 2 N–H and O–H groups in total. The van der Waals surface area contributed by atoms with Crippen LogP contribution in [0.1, 0.15) is 49.5 Å². The van der Waals surface area contributed by atoms with E-state index in [1.54, 1.807) is 0 Å². The molecule has 0 saturated heterocycles. The molecule has 2 rings (SSSR count). The van der Waals surface area contributed by atoms with E-state index >= 15 is 0 Å². The number of hydrogen-bond donors (Lipinski definition) is 2. The first-order chi connectivity index (χ1) is 9.52. The second-order valence-corrected chi connectivity index (χ2v) is 6.05. The highest BCUT2D eigenvalue weighted by Crippen LogP contribution is 2.31. The summed E-state index contributed by atoms with van der Waals surface area (Å²) in [5.41, 5.74) is 2.98. The summed E-state index contributed by atoms with van der Waals surface area (Å²) in [6.45, 7) is 9.51. The lowest BCUT2D eigenvalue weighted by atomic mass is 9.97. The highest BCUT2D eigenvalue weighted by Gasteiger charge is 2.30. The SMILES string of the molecule is CCNc1ccc(C(=O)NC2CCC(C)C2C)cc1C. The van der Waals surface area contributed by atoms with Crippen LogP contribution in [0.4, 0.5) is 5.69 Å². The number of aryl methyl sites for hydroxylation is 1. The quantitative estimate of drug-likeness (QED) is 0.881. The minimum atomic E-state index is 0.0575. The van der Waals surface area contributed by atoms with E-state index < -0.39 is 0 Å². The number of carbonyl (C=O) groups is 1. The van der Waals surface area contributed by atoms with E-state index in [1.165, 1.54) is 6.42 Å². The van der Waals surface area contributed by atoms with E-state index in [1.807, 2.05) is 25.1 Å². The normalized spacial score (nSPS) is 25.5. The number of nitrogens with one attached hydrogen (secondary N) is 2.